The third-order valence-corrected chi connectivity index (χ3v) is 4.12. The average molecular weight is 271 g/mol. The highest BCUT2D eigenvalue weighted by Gasteiger charge is 2.22. The number of fused-ring (bicyclic) bond motifs is 1. The van der Waals surface area contributed by atoms with Gasteiger partial charge in [0, 0.05) is 17.6 Å². The zero-order valence-corrected chi connectivity index (χ0v) is 12.1. The monoisotopic (exact) mass is 271 g/mol. The fourth-order valence-corrected chi connectivity index (χ4v) is 2.95. The molecule has 0 saturated heterocycles. The van der Waals surface area contributed by atoms with Crippen LogP contribution in [0.1, 0.15) is 45.6 Å². The number of hydrogen-bond donors (Lipinski definition) is 1. The molecule has 2 aromatic rings. The summed E-state index contributed by atoms with van der Waals surface area (Å²) >= 11 is 0. The van der Waals surface area contributed by atoms with E-state index in [-0.39, 0.29) is 11.8 Å². The van der Waals surface area contributed by atoms with Crippen molar-refractivity contribution in [3.63, 3.8) is 0 Å². The van der Waals surface area contributed by atoms with Crippen LogP contribution in [0.4, 0.5) is 5.69 Å². The highest BCUT2D eigenvalue weighted by Crippen LogP contribution is 2.27. The Morgan fingerprint density at radius 3 is 2.80 bits per heavy atom. The van der Waals surface area contributed by atoms with Crippen LogP contribution in [0.3, 0.4) is 0 Å². The van der Waals surface area contributed by atoms with E-state index in [1.165, 1.54) is 12.8 Å². The molecule has 0 unspecified atom stereocenters. The van der Waals surface area contributed by atoms with Gasteiger partial charge in [0.25, 0.3) is 0 Å². The van der Waals surface area contributed by atoms with Crippen molar-refractivity contribution in [2.75, 3.05) is 5.32 Å². The van der Waals surface area contributed by atoms with E-state index in [1.807, 2.05) is 24.5 Å². The van der Waals surface area contributed by atoms with E-state index >= 15 is 0 Å². The van der Waals surface area contributed by atoms with Gasteiger partial charge in [-0.1, -0.05) is 12.8 Å². The van der Waals surface area contributed by atoms with Crippen LogP contribution in [-0.2, 0) is 4.79 Å². The predicted octanol–water partition coefficient (Wildman–Crippen LogP) is 3.75. The number of rotatable bonds is 3. The lowest BCUT2D eigenvalue weighted by atomic mass is 10.1. The summed E-state index contributed by atoms with van der Waals surface area (Å²) < 4.78 is 2.14. The van der Waals surface area contributed by atoms with Crippen molar-refractivity contribution in [3.05, 3.63) is 24.5 Å². The molecule has 0 aliphatic heterocycles. The Labute approximate surface area is 119 Å². The molecule has 1 heterocycles. The number of nitrogens with one attached hydrogen (secondary N) is 1. The molecule has 20 heavy (non-hydrogen) atoms. The van der Waals surface area contributed by atoms with Crippen LogP contribution in [0, 0.1) is 5.92 Å². The Bertz CT molecular complexity index is 624. The SMILES string of the molecule is CC(C)n1cnc2cc(NC(=O)C3CCCC3)ccc21. The lowest BCUT2D eigenvalue weighted by Gasteiger charge is -2.11. The number of imidazole rings is 1. The van der Waals surface area contributed by atoms with E-state index < -0.39 is 0 Å². The number of nitrogens with zero attached hydrogens (tertiary/aromatic N) is 2. The molecule has 1 saturated carbocycles. The third kappa shape index (κ3) is 2.42. The van der Waals surface area contributed by atoms with E-state index in [2.05, 4.69) is 28.7 Å². The van der Waals surface area contributed by atoms with Gasteiger partial charge in [0.2, 0.25) is 5.91 Å². The Morgan fingerprint density at radius 2 is 2.10 bits per heavy atom. The number of benzene rings is 1. The van der Waals surface area contributed by atoms with E-state index in [4.69, 9.17) is 0 Å². The van der Waals surface area contributed by atoms with Crippen molar-refractivity contribution in [1.29, 1.82) is 0 Å². The molecule has 4 heteroatoms. The second kappa shape index (κ2) is 5.27. The number of anilines is 1. The highest BCUT2D eigenvalue weighted by atomic mass is 16.1. The number of aromatic nitrogens is 2. The van der Waals surface area contributed by atoms with E-state index in [9.17, 15) is 4.79 Å². The van der Waals surface area contributed by atoms with Crippen LogP contribution >= 0.6 is 0 Å². The molecule has 0 radical (unpaired) electrons. The number of carbonyl (C=O) groups is 1. The molecule has 3 rings (SSSR count). The first kappa shape index (κ1) is 13.2. The average Bonchev–Trinajstić information content (AvgIpc) is 3.07. The number of hydrogen-bond acceptors (Lipinski definition) is 2. The maximum atomic E-state index is 12.1. The van der Waals surface area contributed by atoms with Crippen molar-refractivity contribution in [2.24, 2.45) is 5.92 Å². The largest absolute Gasteiger partial charge is 0.328 e. The Morgan fingerprint density at radius 1 is 1.35 bits per heavy atom. The molecule has 0 atom stereocenters. The lowest BCUT2D eigenvalue weighted by molar-refractivity contribution is -0.119. The summed E-state index contributed by atoms with van der Waals surface area (Å²) in [5.74, 6) is 0.351. The lowest BCUT2D eigenvalue weighted by Crippen LogP contribution is -2.20. The van der Waals surface area contributed by atoms with Crippen molar-refractivity contribution in [3.8, 4) is 0 Å². The van der Waals surface area contributed by atoms with Crippen molar-refractivity contribution >= 4 is 22.6 Å². The molecule has 1 N–H and O–H groups in total. The first-order valence-corrected chi connectivity index (χ1v) is 7.42. The fraction of sp³-hybridized carbons (Fsp3) is 0.500. The van der Waals surface area contributed by atoms with Gasteiger partial charge in [0.05, 0.1) is 17.4 Å². The van der Waals surface area contributed by atoms with Crippen LogP contribution < -0.4 is 5.32 Å². The van der Waals surface area contributed by atoms with Crippen molar-refractivity contribution < 1.29 is 4.79 Å². The Balaban J connectivity index is 1.80. The Hall–Kier alpha value is -1.84. The van der Waals surface area contributed by atoms with Gasteiger partial charge in [-0.25, -0.2) is 4.98 Å². The van der Waals surface area contributed by atoms with Gasteiger partial charge in [-0.15, -0.1) is 0 Å². The zero-order chi connectivity index (χ0) is 14.1. The molecule has 1 aliphatic carbocycles. The molecule has 1 aromatic heterocycles. The molecular weight excluding hydrogens is 250 g/mol. The normalized spacial score (nSPS) is 16.1. The van der Waals surface area contributed by atoms with Gasteiger partial charge in [-0.2, -0.15) is 0 Å². The minimum absolute atomic E-state index is 0.158. The fourth-order valence-electron chi connectivity index (χ4n) is 2.95. The molecule has 1 amide bonds. The second-order valence-electron chi connectivity index (χ2n) is 5.92. The van der Waals surface area contributed by atoms with Crippen LogP contribution in [0.25, 0.3) is 11.0 Å². The molecule has 106 valence electrons. The standard InChI is InChI=1S/C16H21N3O/c1-11(2)19-10-17-14-9-13(7-8-15(14)19)18-16(20)12-5-3-4-6-12/h7-12H,3-6H2,1-2H3,(H,18,20). The summed E-state index contributed by atoms with van der Waals surface area (Å²) in [6, 6.07) is 6.35. The summed E-state index contributed by atoms with van der Waals surface area (Å²) in [6.07, 6.45) is 6.26. The van der Waals surface area contributed by atoms with Gasteiger partial charge < -0.3 is 9.88 Å². The third-order valence-electron chi connectivity index (χ3n) is 4.12. The first-order valence-electron chi connectivity index (χ1n) is 7.42. The van der Waals surface area contributed by atoms with E-state index in [0.717, 1.165) is 29.6 Å². The molecule has 0 spiro atoms. The summed E-state index contributed by atoms with van der Waals surface area (Å²) in [5.41, 5.74) is 2.89. The zero-order valence-electron chi connectivity index (χ0n) is 12.1. The van der Waals surface area contributed by atoms with E-state index in [1.54, 1.807) is 0 Å². The van der Waals surface area contributed by atoms with Gasteiger partial charge in [0.1, 0.15) is 0 Å². The van der Waals surface area contributed by atoms with E-state index in [0.29, 0.717) is 6.04 Å². The van der Waals surface area contributed by atoms with Crippen LogP contribution in [0.5, 0.6) is 0 Å². The smallest absolute Gasteiger partial charge is 0.227 e. The highest BCUT2D eigenvalue weighted by molar-refractivity contribution is 5.94. The summed E-state index contributed by atoms with van der Waals surface area (Å²) in [6.45, 7) is 4.27. The molecule has 0 bridgehead atoms. The summed E-state index contributed by atoms with van der Waals surface area (Å²) in [4.78, 5) is 16.5. The molecule has 1 aromatic carbocycles. The van der Waals surface area contributed by atoms with Gasteiger partial charge >= 0.3 is 0 Å². The minimum Gasteiger partial charge on any atom is -0.328 e. The maximum Gasteiger partial charge on any atom is 0.227 e. The minimum atomic E-state index is 0.158. The molecule has 4 nitrogen and oxygen atoms in total. The summed E-state index contributed by atoms with van der Waals surface area (Å²) in [7, 11) is 0. The van der Waals surface area contributed by atoms with Gasteiger partial charge in [0.15, 0.2) is 0 Å². The molecule has 1 aliphatic rings. The second-order valence-corrected chi connectivity index (χ2v) is 5.92. The molecular formula is C16H21N3O. The predicted molar refractivity (Wildman–Crippen MR) is 80.7 cm³/mol. The quantitative estimate of drug-likeness (QED) is 0.924. The maximum absolute atomic E-state index is 12.1. The first-order chi connectivity index (χ1) is 9.65. The summed E-state index contributed by atoms with van der Waals surface area (Å²) in [5, 5.41) is 3.03. The van der Waals surface area contributed by atoms with Crippen LogP contribution in [0.2, 0.25) is 0 Å². The number of carbonyl (C=O) groups excluding carboxylic acids is 1. The Kier molecular flexibility index (Phi) is 3.47. The van der Waals surface area contributed by atoms with Crippen molar-refractivity contribution in [2.45, 2.75) is 45.6 Å². The topological polar surface area (TPSA) is 46.9 Å². The van der Waals surface area contributed by atoms with Crippen molar-refractivity contribution in [1.82, 2.24) is 9.55 Å². The number of amides is 1. The van der Waals surface area contributed by atoms with Crippen LogP contribution in [-0.4, -0.2) is 15.5 Å². The van der Waals surface area contributed by atoms with Gasteiger partial charge in [-0.05, 0) is 44.9 Å². The molecule has 1 fully saturated rings. The van der Waals surface area contributed by atoms with Gasteiger partial charge in [-0.3, -0.25) is 4.79 Å². The van der Waals surface area contributed by atoms with Crippen LogP contribution in [0.15, 0.2) is 24.5 Å².